The summed E-state index contributed by atoms with van der Waals surface area (Å²) in [7, 11) is 0. The normalized spacial score (nSPS) is 11.4. The van der Waals surface area contributed by atoms with Crippen molar-refractivity contribution in [1.29, 1.82) is 10.7 Å². The smallest absolute Gasteiger partial charge is 0.166 e. The minimum absolute atomic E-state index is 0.215. The van der Waals surface area contributed by atoms with Crippen LogP contribution in [0.1, 0.15) is 13.8 Å². The predicted octanol–water partition coefficient (Wildman–Crippen LogP) is 0.951. The van der Waals surface area contributed by atoms with Gasteiger partial charge in [0.15, 0.2) is 5.78 Å². The predicted molar refractivity (Wildman–Crippen MR) is 39.3 cm³/mol. The van der Waals surface area contributed by atoms with E-state index in [0.29, 0.717) is 0 Å². The SMILES string of the molecule is CC(=O)/C(C(=N)C#N)=C(/C)O. The largest absolute Gasteiger partial charge is 0.512 e. The average molecular weight is 152 g/mol. The lowest BCUT2D eigenvalue weighted by Gasteiger charge is -1.98. The van der Waals surface area contributed by atoms with Crippen LogP contribution in [0.5, 0.6) is 0 Å². The number of nitriles is 1. The van der Waals surface area contributed by atoms with Gasteiger partial charge in [-0.05, 0) is 13.8 Å². The summed E-state index contributed by atoms with van der Waals surface area (Å²) in [6.07, 6.45) is 0. The zero-order valence-electron chi connectivity index (χ0n) is 6.30. The van der Waals surface area contributed by atoms with Crippen molar-refractivity contribution >= 4 is 11.5 Å². The van der Waals surface area contributed by atoms with Gasteiger partial charge in [0, 0.05) is 0 Å². The number of hydrogen-bond acceptors (Lipinski definition) is 4. The molecule has 2 N–H and O–H groups in total. The minimum atomic E-state index is -0.502. The van der Waals surface area contributed by atoms with E-state index >= 15 is 0 Å². The average Bonchev–Trinajstić information content (AvgIpc) is 1.85. The third kappa shape index (κ3) is 2.22. The number of rotatable bonds is 2. The van der Waals surface area contributed by atoms with Gasteiger partial charge < -0.3 is 5.11 Å². The van der Waals surface area contributed by atoms with Gasteiger partial charge in [0.1, 0.15) is 17.5 Å². The maximum atomic E-state index is 10.7. The van der Waals surface area contributed by atoms with Gasteiger partial charge in [-0.25, -0.2) is 0 Å². The molecule has 0 aromatic carbocycles. The molecular weight excluding hydrogens is 144 g/mol. The number of carbonyl (C=O) groups is 1. The molecule has 0 aromatic rings. The van der Waals surface area contributed by atoms with E-state index in [1.807, 2.05) is 0 Å². The van der Waals surface area contributed by atoms with Gasteiger partial charge in [0.2, 0.25) is 0 Å². The second kappa shape index (κ2) is 3.52. The highest BCUT2D eigenvalue weighted by Crippen LogP contribution is 2.03. The number of aliphatic hydroxyl groups excluding tert-OH is 1. The molecule has 0 heterocycles. The van der Waals surface area contributed by atoms with E-state index in [0.717, 1.165) is 0 Å². The van der Waals surface area contributed by atoms with Gasteiger partial charge in [-0.15, -0.1) is 0 Å². The van der Waals surface area contributed by atoms with Gasteiger partial charge in [0.25, 0.3) is 0 Å². The summed E-state index contributed by atoms with van der Waals surface area (Å²) in [6.45, 7) is 2.46. The van der Waals surface area contributed by atoms with Crippen molar-refractivity contribution in [3.05, 3.63) is 11.3 Å². The van der Waals surface area contributed by atoms with E-state index in [1.165, 1.54) is 19.9 Å². The monoisotopic (exact) mass is 152 g/mol. The molecule has 0 radical (unpaired) electrons. The van der Waals surface area contributed by atoms with Crippen molar-refractivity contribution in [3.8, 4) is 6.07 Å². The van der Waals surface area contributed by atoms with Crippen LogP contribution < -0.4 is 0 Å². The Morgan fingerprint density at radius 3 is 2.09 bits per heavy atom. The molecule has 4 nitrogen and oxygen atoms in total. The highest BCUT2D eigenvalue weighted by molar-refractivity contribution is 6.26. The number of hydrogen-bond donors (Lipinski definition) is 2. The van der Waals surface area contributed by atoms with Crippen LogP contribution in [0.3, 0.4) is 0 Å². The fourth-order valence-electron chi connectivity index (χ4n) is 0.668. The van der Waals surface area contributed by atoms with Crippen molar-refractivity contribution in [3.63, 3.8) is 0 Å². The van der Waals surface area contributed by atoms with Crippen molar-refractivity contribution < 1.29 is 9.90 Å². The third-order valence-corrected chi connectivity index (χ3v) is 1.08. The molecule has 0 rings (SSSR count). The summed E-state index contributed by atoms with van der Waals surface area (Å²) in [6, 6.07) is 1.47. The summed E-state index contributed by atoms with van der Waals surface area (Å²) in [5, 5.41) is 24.0. The molecule has 0 spiro atoms. The van der Waals surface area contributed by atoms with E-state index in [2.05, 4.69) is 0 Å². The molecule has 0 saturated heterocycles. The summed E-state index contributed by atoms with van der Waals surface area (Å²) in [4.78, 5) is 10.7. The van der Waals surface area contributed by atoms with Crippen LogP contribution in [-0.4, -0.2) is 16.6 Å². The Labute approximate surface area is 64.3 Å². The van der Waals surface area contributed by atoms with Crippen molar-refractivity contribution in [2.45, 2.75) is 13.8 Å². The molecule has 0 saturated carbocycles. The lowest BCUT2D eigenvalue weighted by Crippen LogP contribution is -2.09. The van der Waals surface area contributed by atoms with Crippen LogP contribution in [0.4, 0.5) is 0 Å². The van der Waals surface area contributed by atoms with Crippen LogP contribution in [0, 0.1) is 16.7 Å². The van der Waals surface area contributed by atoms with Gasteiger partial charge in [0.05, 0.1) is 5.57 Å². The Morgan fingerprint density at radius 1 is 1.55 bits per heavy atom. The molecule has 0 aliphatic heterocycles. The molecule has 0 aliphatic rings. The van der Waals surface area contributed by atoms with E-state index < -0.39 is 11.5 Å². The van der Waals surface area contributed by atoms with Crippen LogP contribution in [0.25, 0.3) is 0 Å². The van der Waals surface area contributed by atoms with Crippen LogP contribution >= 0.6 is 0 Å². The van der Waals surface area contributed by atoms with Crippen LogP contribution in [0.2, 0.25) is 0 Å². The Bertz CT molecular complexity index is 267. The molecule has 0 bridgehead atoms. The zero-order chi connectivity index (χ0) is 9.02. The molecule has 58 valence electrons. The third-order valence-electron chi connectivity index (χ3n) is 1.08. The first kappa shape index (κ1) is 9.37. The van der Waals surface area contributed by atoms with Crippen LogP contribution in [-0.2, 0) is 4.79 Å². The van der Waals surface area contributed by atoms with E-state index in [1.54, 1.807) is 0 Å². The van der Waals surface area contributed by atoms with Gasteiger partial charge in [-0.2, -0.15) is 5.26 Å². The second-order valence-corrected chi connectivity index (χ2v) is 2.00. The topological polar surface area (TPSA) is 84.9 Å². The van der Waals surface area contributed by atoms with Gasteiger partial charge in [-0.3, -0.25) is 10.2 Å². The van der Waals surface area contributed by atoms with E-state index in [-0.39, 0.29) is 11.3 Å². The molecular formula is C7H8N2O2. The Kier molecular flexibility index (Phi) is 3.00. The van der Waals surface area contributed by atoms with E-state index in [9.17, 15) is 4.79 Å². The highest BCUT2D eigenvalue weighted by Gasteiger charge is 2.12. The molecule has 0 aliphatic carbocycles. The molecule has 11 heavy (non-hydrogen) atoms. The number of ketones is 1. The standard InChI is InChI=1S/C7H8N2O2/c1-4(10)7(5(2)11)6(9)3-8/h9-10H,1-2H3/b7-4+,9-6?. The zero-order valence-corrected chi connectivity index (χ0v) is 6.30. The fourth-order valence-corrected chi connectivity index (χ4v) is 0.668. The fraction of sp³-hybridized carbons (Fsp3) is 0.286. The summed E-state index contributed by atoms with van der Waals surface area (Å²) in [5.41, 5.74) is -0.718. The highest BCUT2D eigenvalue weighted by atomic mass is 16.3. The Morgan fingerprint density at radius 2 is 2.00 bits per heavy atom. The second-order valence-electron chi connectivity index (χ2n) is 2.00. The first-order valence-corrected chi connectivity index (χ1v) is 2.90. The Balaban J connectivity index is 4.99. The number of carbonyl (C=O) groups excluding carboxylic acids is 1. The van der Waals surface area contributed by atoms with Gasteiger partial charge in [-0.1, -0.05) is 0 Å². The first-order chi connectivity index (χ1) is 5.00. The lowest BCUT2D eigenvalue weighted by molar-refractivity contribution is -0.113. The quantitative estimate of drug-likeness (QED) is 0.351. The van der Waals surface area contributed by atoms with E-state index in [4.69, 9.17) is 15.8 Å². The number of nitrogens with zero attached hydrogens (tertiary/aromatic N) is 1. The minimum Gasteiger partial charge on any atom is -0.512 e. The summed E-state index contributed by atoms with van der Waals surface area (Å²) < 4.78 is 0. The number of allylic oxidation sites excluding steroid dienone is 2. The van der Waals surface area contributed by atoms with Gasteiger partial charge >= 0.3 is 0 Å². The molecule has 0 amide bonds. The summed E-state index contributed by atoms with van der Waals surface area (Å²) in [5.74, 6) is -0.763. The van der Waals surface area contributed by atoms with Crippen molar-refractivity contribution in [1.82, 2.24) is 0 Å². The number of nitrogens with one attached hydrogen (secondary N) is 1. The molecule has 0 aromatic heterocycles. The number of Topliss-reactive ketones (excluding diaryl/α,β-unsaturated/α-hetero) is 1. The summed E-state index contributed by atoms with van der Waals surface area (Å²) >= 11 is 0. The molecule has 0 unspecified atom stereocenters. The maximum Gasteiger partial charge on any atom is 0.166 e. The maximum absolute atomic E-state index is 10.7. The lowest BCUT2D eigenvalue weighted by atomic mass is 10.1. The Hall–Kier alpha value is -1.63. The van der Waals surface area contributed by atoms with Crippen molar-refractivity contribution in [2.24, 2.45) is 0 Å². The van der Waals surface area contributed by atoms with Crippen LogP contribution in [0.15, 0.2) is 11.3 Å². The molecule has 0 atom stereocenters. The molecule has 0 fully saturated rings. The molecule has 4 heteroatoms. The van der Waals surface area contributed by atoms with Crippen molar-refractivity contribution in [2.75, 3.05) is 0 Å². The number of aliphatic hydroxyl groups is 1. The first-order valence-electron chi connectivity index (χ1n) is 2.90.